The first-order valence-corrected chi connectivity index (χ1v) is 24.2. The van der Waals surface area contributed by atoms with Crippen molar-refractivity contribution in [3.8, 4) is 0 Å². The minimum atomic E-state index is -0.771. The third-order valence-corrected chi connectivity index (χ3v) is 12.2. The van der Waals surface area contributed by atoms with Crippen molar-refractivity contribution in [2.45, 2.75) is 97.2 Å². The number of aliphatic imine (C=N–C) groups is 2. The van der Waals surface area contributed by atoms with Crippen LogP contribution in [0.3, 0.4) is 0 Å². The molecule has 1 aliphatic rings. The Labute approximate surface area is 411 Å². The number of aromatic nitrogens is 4. The second-order valence-corrected chi connectivity index (χ2v) is 18.3. The number of amides is 3. The van der Waals surface area contributed by atoms with Gasteiger partial charge >= 0.3 is 5.97 Å². The molecule has 6 N–H and O–H groups in total. The Morgan fingerprint density at radius 3 is 2.01 bits per heavy atom. The largest absolute Gasteiger partial charge is 0.456 e. The molecule has 16 nitrogen and oxygen atoms in total. The van der Waals surface area contributed by atoms with Crippen LogP contribution in [-0.4, -0.2) is 84.9 Å². The summed E-state index contributed by atoms with van der Waals surface area (Å²) in [5.74, 6) is 0.555. The van der Waals surface area contributed by atoms with Crippen molar-refractivity contribution >= 4 is 80.6 Å². The summed E-state index contributed by atoms with van der Waals surface area (Å²) in [4.78, 5) is 73.7. The molecule has 0 saturated heterocycles. The number of aryl methyl sites for hydroxylation is 1. The van der Waals surface area contributed by atoms with E-state index in [1.165, 1.54) is 0 Å². The van der Waals surface area contributed by atoms with Crippen molar-refractivity contribution in [3.63, 3.8) is 0 Å². The van der Waals surface area contributed by atoms with Gasteiger partial charge in [0.25, 0.3) is 17.7 Å². The summed E-state index contributed by atoms with van der Waals surface area (Å²) in [5.41, 5.74) is 10.2. The lowest BCUT2D eigenvalue weighted by Crippen LogP contribution is -2.36. The monoisotopic (exact) mass is 975 g/mol. The van der Waals surface area contributed by atoms with Crippen LogP contribution < -0.4 is 27.0 Å². The van der Waals surface area contributed by atoms with E-state index in [4.69, 9.17) is 48.6 Å². The van der Waals surface area contributed by atoms with Crippen molar-refractivity contribution in [2.75, 3.05) is 24.8 Å². The number of fused-ring (bicyclic) bond motifs is 3. The van der Waals surface area contributed by atoms with Gasteiger partial charge in [0.2, 0.25) is 0 Å². The van der Waals surface area contributed by atoms with Crippen LogP contribution >= 0.6 is 23.2 Å². The van der Waals surface area contributed by atoms with E-state index in [-0.39, 0.29) is 34.7 Å². The quantitative estimate of drug-likeness (QED) is 0.0164. The molecule has 0 radical (unpaired) electrons. The van der Waals surface area contributed by atoms with Gasteiger partial charge in [0, 0.05) is 26.2 Å². The molecule has 0 spiro atoms. The minimum absolute atomic E-state index is 0.0703. The summed E-state index contributed by atoms with van der Waals surface area (Å²) in [7, 11) is 0. The van der Waals surface area contributed by atoms with Crippen LogP contribution in [0.4, 0.5) is 0 Å². The number of halogens is 2. The highest BCUT2D eigenvalue weighted by Crippen LogP contribution is 2.30. The molecule has 69 heavy (non-hydrogen) atoms. The highest BCUT2D eigenvalue weighted by molar-refractivity contribution is 6.28. The molecule has 7 rings (SSSR count). The molecule has 0 bridgehead atoms. The van der Waals surface area contributed by atoms with E-state index in [9.17, 15) is 19.2 Å². The average Bonchev–Trinajstić information content (AvgIpc) is 4.05. The molecule has 1 aliphatic heterocycles. The highest BCUT2D eigenvalue weighted by atomic mass is 35.5. The van der Waals surface area contributed by atoms with Gasteiger partial charge < -0.3 is 40.9 Å². The molecule has 3 heterocycles. The summed E-state index contributed by atoms with van der Waals surface area (Å²) in [6.45, 7) is 11.1. The number of nitrogens with one attached hydrogen (secondary N) is 4. The standard InChI is InChI=1S/C51H59Cl2N11O5/c1-6-63-40-24-11-9-20-36(40)59-45(63)38(61-48(66)35-19-13-16-32-30-57-49(67)44(32)35)22-15-27-56-43(29-53)58-31(2)64-41-25-12-10-21-37(41)60-46(64)39(23-14-26-55-42(54)28-52)62-47(65)33-17-7-8-18-34(33)50(68)69-51(3,4)5/h7-13,16-21,24-25,31,38-39H,6,14-15,22-23,26-30H2,1-5H3,(H2,54,55)(H,56,58)(H,57,67)(H,61,66)(H,62,65)/t31?,38-,39-/m0/s1. The first kappa shape index (κ1) is 50.1. The Balaban J connectivity index is 1.14. The molecule has 0 aliphatic carbocycles. The van der Waals surface area contributed by atoms with Crippen molar-refractivity contribution in [1.29, 1.82) is 0 Å². The van der Waals surface area contributed by atoms with Crippen molar-refractivity contribution in [2.24, 2.45) is 15.7 Å². The van der Waals surface area contributed by atoms with Crippen LogP contribution in [0, 0.1) is 0 Å². The smallest absolute Gasteiger partial charge is 0.339 e. The topological polar surface area (TPSA) is 212 Å². The lowest BCUT2D eigenvalue weighted by Gasteiger charge is -2.25. The molecule has 4 aromatic carbocycles. The van der Waals surface area contributed by atoms with Crippen LogP contribution in [0.25, 0.3) is 22.1 Å². The normalized spacial score (nSPS) is 14.3. The van der Waals surface area contributed by atoms with Crippen LogP contribution in [0.1, 0.15) is 137 Å². The number of nitrogens with zero attached hydrogens (tertiary/aromatic N) is 6. The van der Waals surface area contributed by atoms with Gasteiger partial charge in [0.1, 0.15) is 35.1 Å². The van der Waals surface area contributed by atoms with Gasteiger partial charge in [-0.25, -0.2) is 14.8 Å². The predicted octanol–water partition coefficient (Wildman–Crippen LogP) is 8.15. The van der Waals surface area contributed by atoms with Crippen molar-refractivity contribution in [3.05, 3.63) is 130 Å². The van der Waals surface area contributed by atoms with E-state index < -0.39 is 35.7 Å². The number of carbonyl (C=O) groups is 4. The number of hydrogen-bond acceptors (Lipinski definition) is 9. The number of alkyl halides is 2. The summed E-state index contributed by atoms with van der Waals surface area (Å²) >= 11 is 12.5. The summed E-state index contributed by atoms with van der Waals surface area (Å²) < 4.78 is 9.77. The van der Waals surface area contributed by atoms with Crippen LogP contribution in [0.15, 0.2) is 101 Å². The maximum atomic E-state index is 14.3. The number of rotatable bonds is 20. The lowest BCUT2D eigenvalue weighted by molar-refractivity contribution is 0.00672. The first-order valence-electron chi connectivity index (χ1n) is 23.2. The maximum absolute atomic E-state index is 14.3. The number of hydrogen-bond donors (Lipinski definition) is 5. The molecule has 18 heteroatoms. The highest BCUT2D eigenvalue weighted by Gasteiger charge is 2.30. The van der Waals surface area contributed by atoms with Crippen molar-refractivity contribution in [1.82, 2.24) is 40.4 Å². The number of esters is 1. The first-order chi connectivity index (χ1) is 33.2. The number of nitrogens with two attached hydrogens (primary N) is 1. The van der Waals surface area contributed by atoms with Gasteiger partial charge in [-0.05, 0) is 108 Å². The van der Waals surface area contributed by atoms with Gasteiger partial charge in [0.05, 0.1) is 68.2 Å². The van der Waals surface area contributed by atoms with E-state index in [1.54, 1.807) is 57.2 Å². The van der Waals surface area contributed by atoms with E-state index in [1.807, 2.05) is 73.0 Å². The Bertz CT molecular complexity index is 2900. The van der Waals surface area contributed by atoms with Crippen LogP contribution in [0.2, 0.25) is 0 Å². The van der Waals surface area contributed by atoms with Crippen LogP contribution in [-0.2, 0) is 17.8 Å². The molecule has 6 aromatic rings. The maximum Gasteiger partial charge on any atom is 0.339 e. The Kier molecular flexibility index (Phi) is 16.4. The number of carbonyl (C=O) groups excluding carboxylic acids is 4. The molecular weight excluding hydrogens is 918 g/mol. The number of para-hydroxylation sites is 4. The van der Waals surface area contributed by atoms with E-state index in [0.717, 1.165) is 22.1 Å². The fourth-order valence-corrected chi connectivity index (χ4v) is 8.82. The van der Waals surface area contributed by atoms with Gasteiger partial charge in [-0.1, -0.05) is 48.5 Å². The molecule has 0 fully saturated rings. The van der Waals surface area contributed by atoms with E-state index in [2.05, 4.69) is 30.8 Å². The molecular formula is C51H59Cl2N11O5. The Hall–Kier alpha value is -6.78. The molecule has 2 aromatic heterocycles. The fourth-order valence-electron chi connectivity index (χ4n) is 8.57. The number of ether oxygens (including phenoxy) is 1. The number of imidazole rings is 2. The Morgan fingerprint density at radius 2 is 1.35 bits per heavy atom. The minimum Gasteiger partial charge on any atom is -0.456 e. The van der Waals surface area contributed by atoms with Gasteiger partial charge in [-0.2, -0.15) is 0 Å². The summed E-state index contributed by atoms with van der Waals surface area (Å²) in [6, 6.07) is 26.2. The predicted molar refractivity (Wildman–Crippen MR) is 271 cm³/mol. The number of benzene rings is 4. The SMILES string of the molecule is CCn1c([C@H](CCCN=C(CCl)NC(C)n2c([C@H](CCCN=C(N)CCl)NC(=O)c3ccccc3C(=O)OC(C)(C)C)nc3ccccc32)NC(=O)c2cccc3c2C(=O)NC3)nc2ccccc21. The molecule has 1 unspecified atom stereocenters. The molecule has 3 amide bonds. The zero-order chi connectivity index (χ0) is 49.2. The molecule has 362 valence electrons. The van der Waals surface area contributed by atoms with Gasteiger partial charge in [0.15, 0.2) is 0 Å². The average molecular weight is 977 g/mol. The van der Waals surface area contributed by atoms with Crippen LogP contribution in [0.5, 0.6) is 0 Å². The van der Waals surface area contributed by atoms with E-state index >= 15 is 0 Å². The summed E-state index contributed by atoms with van der Waals surface area (Å²) in [5, 5.41) is 12.7. The molecule has 0 saturated carbocycles. The van der Waals surface area contributed by atoms with Gasteiger partial charge in [-0.3, -0.25) is 24.4 Å². The zero-order valence-electron chi connectivity index (χ0n) is 39.5. The third-order valence-electron chi connectivity index (χ3n) is 11.7. The fraction of sp³-hybridized carbons (Fsp3) is 0.373. The number of amidine groups is 2. The lowest BCUT2D eigenvalue weighted by atomic mass is 10.0. The van der Waals surface area contributed by atoms with Gasteiger partial charge in [-0.15, -0.1) is 23.2 Å². The second kappa shape index (κ2) is 22.6. The second-order valence-electron chi connectivity index (χ2n) is 17.7. The van der Waals surface area contributed by atoms with Crippen molar-refractivity contribution < 1.29 is 23.9 Å². The van der Waals surface area contributed by atoms with E-state index in [0.29, 0.717) is 91.8 Å². The molecule has 3 atom stereocenters. The zero-order valence-corrected chi connectivity index (χ0v) is 41.0. The Morgan fingerprint density at radius 1 is 0.768 bits per heavy atom. The third kappa shape index (κ3) is 11.9. The summed E-state index contributed by atoms with van der Waals surface area (Å²) in [6.07, 6.45) is 1.50.